The molecule has 1 fully saturated rings. The summed E-state index contributed by atoms with van der Waals surface area (Å²) in [5.41, 5.74) is 0.419. The monoisotopic (exact) mass is 399 g/mol. The number of rotatable bonds is 6. The smallest absolute Gasteiger partial charge is 0.308 e. The Morgan fingerprint density at radius 1 is 1.28 bits per heavy atom. The summed E-state index contributed by atoms with van der Waals surface area (Å²) < 4.78 is 6.67. The Bertz CT molecular complexity index is 939. The van der Waals surface area contributed by atoms with Crippen LogP contribution in [-0.4, -0.2) is 33.6 Å². The Balaban J connectivity index is 1.52. The number of esters is 1. The Morgan fingerprint density at radius 2 is 2.03 bits per heavy atom. The van der Waals surface area contributed by atoms with Crippen LogP contribution in [0, 0.1) is 11.8 Å². The number of benzene rings is 1. The van der Waals surface area contributed by atoms with Crippen LogP contribution in [0.4, 0.5) is 0 Å². The molecule has 0 saturated heterocycles. The second kappa shape index (κ2) is 9.20. The number of aryl methyl sites for hydroxylation is 1. The van der Waals surface area contributed by atoms with E-state index < -0.39 is 12.1 Å². The second-order valence-electron chi connectivity index (χ2n) is 8.02. The van der Waals surface area contributed by atoms with E-state index in [1.54, 1.807) is 25.1 Å². The molecule has 0 unspecified atom stereocenters. The highest BCUT2D eigenvalue weighted by Crippen LogP contribution is 2.29. The van der Waals surface area contributed by atoms with Gasteiger partial charge in [0.1, 0.15) is 0 Å². The molecule has 3 rings (SSSR count). The maximum absolute atomic E-state index is 12.5. The van der Waals surface area contributed by atoms with E-state index in [4.69, 9.17) is 4.74 Å². The van der Waals surface area contributed by atoms with E-state index >= 15 is 0 Å². The molecule has 0 spiro atoms. The van der Waals surface area contributed by atoms with Gasteiger partial charge in [-0.1, -0.05) is 38.8 Å². The molecule has 1 heterocycles. The Kier molecular flexibility index (Phi) is 6.67. The van der Waals surface area contributed by atoms with Crippen LogP contribution in [0.1, 0.15) is 46.5 Å². The van der Waals surface area contributed by atoms with Crippen molar-refractivity contribution in [3.63, 3.8) is 0 Å². The van der Waals surface area contributed by atoms with Gasteiger partial charge in [-0.15, -0.1) is 0 Å². The molecule has 7 heteroatoms. The molecule has 1 saturated carbocycles. The molecule has 1 aliphatic rings. The van der Waals surface area contributed by atoms with Gasteiger partial charge in [-0.25, -0.2) is 4.98 Å². The van der Waals surface area contributed by atoms with Crippen LogP contribution in [0.25, 0.3) is 10.9 Å². The lowest BCUT2D eigenvalue weighted by atomic mass is 9.78. The number of ether oxygens (including phenoxy) is 1. The SMILES string of the molecule is C[C@@H]1[C@@H](C)CCC[C@H]1NC(=O)[C@H](C)OC(=O)CCn1cnc2ccccc2c1=O. The molecule has 156 valence electrons. The summed E-state index contributed by atoms with van der Waals surface area (Å²) in [5.74, 6) is 0.190. The van der Waals surface area contributed by atoms with Gasteiger partial charge in [-0.2, -0.15) is 0 Å². The van der Waals surface area contributed by atoms with Gasteiger partial charge in [0.2, 0.25) is 0 Å². The molecular formula is C22H29N3O4. The molecule has 1 aromatic heterocycles. The Labute approximate surface area is 170 Å². The number of para-hydroxylation sites is 1. The van der Waals surface area contributed by atoms with E-state index in [0.717, 1.165) is 12.8 Å². The van der Waals surface area contributed by atoms with E-state index in [9.17, 15) is 14.4 Å². The second-order valence-corrected chi connectivity index (χ2v) is 8.02. The van der Waals surface area contributed by atoms with Crippen molar-refractivity contribution < 1.29 is 14.3 Å². The van der Waals surface area contributed by atoms with Crippen molar-refractivity contribution in [2.45, 2.75) is 65.1 Å². The summed E-state index contributed by atoms with van der Waals surface area (Å²) in [6.07, 6.45) is 3.79. The number of amides is 1. The molecule has 0 bridgehead atoms. The lowest BCUT2D eigenvalue weighted by Gasteiger charge is -2.35. The third-order valence-electron chi connectivity index (χ3n) is 6.00. The van der Waals surface area contributed by atoms with Gasteiger partial charge in [0.15, 0.2) is 6.10 Å². The van der Waals surface area contributed by atoms with E-state index in [2.05, 4.69) is 24.1 Å². The van der Waals surface area contributed by atoms with Crippen molar-refractivity contribution in [1.82, 2.24) is 14.9 Å². The van der Waals surface area contributed by atoms with Crippen LogP contribution in [0.2, 0.25) is 0 Å². The minimum absolute atomic E-state index is 0.00554. The lowest BCUT2D eigenvalue weighted by Crippen LogP contribution is -2.47. The largest absolute Gasteiger partial charge is 0.452 e. The number of aromatic nitrogens is 2. The summed E-state index contributed by atoms with van der Waals surface area (Å²) in [5, 5.41) is 3.53. The Hall–Kier alpha value is -2.70. The van der Waals surface area contributed by atoms with Crippen molar-refractivity contribution in [2.24, 2.45) is 11.8 Å². The first-order valence-electron chi connectivity index (χ1n) is 10.3. The zero-order valence-electron chi connectivity index (χ0n) is 17.3. The van der Waals surface area contributed by atoms with Crippen LogP contribution in [0.5, 0.6) is 0 Å². The molecule has 1 aromatic carbocycles. The van der Waals surface area contributed by atoms with Crippen molar-refractivity contribution in [2.75, 3.05) is 0 Å². The quantitative estimate of drug-likeness (QED) is 0.754. The van der Waals surface area contributed by atoms with Crippen molar-refractivity contribution >= 4 is 22.8 Å². The van der Waals surface area contributed by atoms with Gasteiger partial charge < -0.3 is 10.1 Å². The first kappa shape index (κ1) is 21.0. The summed E-state index contributed by atoms with van der Waals surface area (Å²) >= 11 is 0. The zero-order valence-corrected chi connectivity index (χ0v) is 17.3. The number of nitrogens with zero attached hydrogens (tertiary/aromatic N) is 2. The van der Waals surface area contributed by atoms with Crippen molar-refractivity contribution in [3.05, 3.63) is 40.9 Å². The molecule has 29 heavy (non-hydrogen) atoms. The maximum Gasteiger partial charge on any atom is 0.308 e. The van der Waals surface area contributed by atoms with Gasteiger partial charge in [0.25, 0.3) is 11.5 Å². The number of hydrogen-bond donors (Lipinski definition) is 1. The average molecular weight is 399 g/mol. The standard InChI is InChI=1S/C22H29N3O4/c1-14-7-6-10-18(15(14)2)24-21(27)16(3)29-20(26)11-12-25-13-23-19-9-5-4-8-17(19)22(25)28/h4-5,8-9,13-16,18H,6-7,10-12H2,1-3H3,(H,24,27)/t14-,15+,16-,18+/m0/s1. The third kappa shape index (κ3) is 5.02. The lowest BCUT2D eigenvalue weighted by molar-refractivity contribution is -0.155. The average Bonchev–Trinajstić information content (AvgIpc) is 2.71. The van der Waals surface area contributed by atoms with Crippen LogP contribution < -0.4 is 10.9 Å². The van der Waals surface area contributed by atoms with Crippen molar-refractivity contribution in [1.29, 1.82) is 0 Å². The first-order chi connectivity index (χ1) is 13.9. The number of hydrogen-bond acceptors (Lipinski definition) is 5. The first-order valence-corrected chi connectivity index (χ1v) is 10.3. The summed E-state index contributed by atoms with van der Waals surface area (Å²) in [6, 6.07) is 7.19. The Morgan fingerprint density at radius 3 is 2.83 bits per heavy atom. The van der Waals surface area contributed by atoms with E-state index in [1.165, 1.54) is 17.3 Å². The summed E-state index contributed by atoms with van der Waals surface area (Å²) in [4.78, 5) is 41.3. The highest BCUT2D eigenvalue weighted by Gasteiger charge is 2.30. The van der Waals surface area contributed by atoms with Crippen LogP contribution >= 0.6 is 0 Å². The minimum Gasteiger partial charge on any atom is -0.452 e. The van der Waals surface area contributed by atoms with Crippen molar-refractivity contribution in [3.8, 4) is 0 Å². The number of carbonyl (C=O) groups is 2. The molecule has 0 aliphatic heterocycles. The van der Waals surface area contributed by atoms with E-state index in [-0.39, 0.29) is 30.5 Å². The van der Waals surface area contributed by atoms with Gasteiger partial charge >= 0.3 is 5.97 Å². The molecule has 1 N–H and O–H groups in total. The van der Waals surface area contributed by atoms with Crippen LogP contribution in [0.15, 0.2) is 35.4 Å². The van der Waals surface area contributed by atoms with Gasteiger partial charge in [-0.3, -0.25) is 19.0 Å². The van der Waals surface area contributed by atoms with Gasteiger partial charge in [0.05, 0.1) is 23.7 Å². The topological polar surface area (TPSA) is 90.3 Å². The molecule has 1 aliphatic carbocycles. The predicted molar refractivity (Wildman–Crippen MR) is 110 cm³/mol. The summed E-state index contributed by atoms with van der Waals surface area (Å²) in [6.45, 7) is 6.09. The molecule has 1 amide bonds. The normalized spacial score (nSPS) is 22.8. The molecule has 4 atom stereocenters. The van der Waals surface area contributed by atoms with Crippen LogP contribution in [-0.2, 0) is 20.9 Å². The molecule has 0 radical (unpaired) electrons. The highest BCUT2D eigenvalue weighted by molar-refractivity contribution is 5.83. The molecular weight excluding hydrogens is 370 g/mol. The molecule has 7 nitrogen and oxygen atoms in total. The minimum atomic E-state index is -0.863. The predicted octanol–water partition coefficient (Wildman–Crippen LogP) is 2.66. The fourth-order valence-corrected chi connectivity index (χ4v) is 3.87. The van der Waals surface area contributed by atoms with E-state index in [0.29, 0.717) is 22.7 Å². The van der Waals surface area contributed by atoms with Gasteiger partial charge in [-0.05, 0) is 37.3 Å². The fourth-order valence-electron chi connectivity index (χ4n) is 3.87. The van der Waals surface area contributed by atoms with E-state index in [1.807, 2.05) is 6.07 Å². The molecule has 2 aromatic rings. The van der Waals surface area contributed by atoms with Crippen LogP contribution in [0.3, 0.4) is 0 Å². The number of carbonyl (C=O) groups excluding carboxylic acids is 2. The maximum atomic E-state index is 12.5. The summed E-state index contributed by atoms with van der Waals surface area (Å²) in [7, 11) is 0. The fraction of sp³-hybridized carbons (Fsp3) is 0.545. The zero-order chi connectivity index (χ0) is 21.0. The number of fused-ring (bicyclic) bond motifs is 1. The van der Waals surface area contributed by atoms with Gasteiger partial charge in [0, 0.05) is 12.6 Å². The number of nitrogens with one attached hydrogen (secondary N) is 1. The third-order valence-corrected chi connectivity index (χ3v) is 6.00. The highest BCUT2D eigenvalue weighted by atomic mass is 16.5.